The number of H-pyrrole nitrogens is 1. The number of nitrogens with zero attached hydrogens (tertiary/aromatic N) is 2. The van der Waals surface area contributed by atoms with Crippen LogP contribution in [0.1, 0.15) is 21.7 Å². The summed E-state index contributed by atoms with van der Waals surface area (Å²) >= 11 is 0. The Morgan fingerprint density at radius 1 is 1.17 bits per heavy atom. The van der Waals surface area contributed by atoms with Crippen LogP contribution in [0.4, 0.5) is 18.9 Å². The number of halogens is 3. The molecular weight excluding hydrogens is 397 g/mol. The Labute approximate surface area is 168 Å². The Balaban J connectivity index is 1.93. The minimum absolute atomic E-state index is 0.113. The van der Waals surface area contributed by atoms with E-state index >= 15 is 0 Å². The summed E-state index contributed by atoms with van der Waals surface area (Å²) in [5.74, 6) is -0.777. The molecule has 150 valence electrons. The molecular formula is C21H13F3N4O2. The quantitative estimate of drug-likeness (QED) is 0.538. The normalized spacial score (nSPS) is 11.3. The van der Waals surface area contributed by atoms with Gasteiger partial charge in [0.15, 0.2) is 5.69 Å². The molecule has 2 aromatic heterocycles. The van der Waals surface area contributed by atoms with Crippen LogP contribution in [0, 0.1) is 19.1 Å². The van der Waals surface area contributed by atoms with Gasteiger partial charge in [0.25, 0.3) is 11.5 Å². The van der Waals surface area contributed by atoms with E-state index in [2.05, 4.69) is 27.5 Å². The van der Waals surface area contributed by atoms with Gasteiger partial charge in [0.2, 0.25) is 0 Å². The predicted octanol–water partition coefficient (Wildman–Crippen LogP) is 3.87. The fourth-order valence-corrected chi connectivity index (χ4v) is 3.15. The zero-order valence-corrected chi connectivity index (χ0v) is 15.5. The van der Waals surface area contributed by atoms with E-state index in [0.29, 0.717) is 10.2 Å². The highest BCUT2D eigenvalue weighted by atomic mass is 19.4. The molecule has 0 radical (unpaired) electrons. The number of aryl methyl sites for hydroxylation is 1. The lowest BCUT2D eigenvalue weighted by molar-refractivity contribution is -0.140. The SMILES string of the molecule is Cc1[nH]c2c(-c3ccccc3)c(C(F)(F)F)nn2c(=O)c1C(=O)Nc1cc#ccc1. The first-order valence-electron chi connectivity index (χ1n) is 8.74. The van der Waals surface area contributed by atoms with Gasteiger partial charge in [-0.2, -0.15) is 22.8 Å². The molecule has 0 spiro atoms. The van der Waals surface area contributed by atoms with Gasteiger partial charge in [-0.3, -0.25) is 9.59 Å². The van der Waals surface area contributed by atoms with E-state index in [1.54, 1.807) is 24.3 Å². The van der Waals surface area contributed by atoms with Crippen molar-refractivity contribution in [1.82, 2.24) is 14.6 Å². The van der Waals surface area contributed by atoms with Crippen molar-refractivity contribution in [3.05, 3.63) is 88.0 Å². The summed E-state index contributed by atoms with van der Waals surface area (Å²) in [6, 6.07) is 17.6. The zero-order chi connectivity index (χ0) is 21.5. The third-order valence-corrected chi connectivity index (χ3v) is 4.45. The van der Waals surface area contributed by atoms with Gasteiger partial charge >= 0.3 is 6.18 Å². The third kappa shape index (κ3) is 3.28. The van der Waals surface area contributed by atoms with Crippen LogP contribution >= 0.6 is 0 Å². The molecule has 6 nitrogen and oxygen atoms in total. The lowest BCUT2D eigenvalue weighted by Crippen LogP contribution is -2.29. The summed E-state index contributed by atoms with van der Waals surface area (Å²) in [6.45, 7) is 1.44. The molecule has 4 rings (SSSR count). The van der Waals surface area contributed by atoms with Crippen LogP contribution in [0.5, 0.6) is 0 Å². The van der Waals surface area contributed by atoms with Gasteiger partial charge in [-0.05, 0) is 24.6 Å². The second-order valence-corrected chi connectivity index (χ2v) is 6.45. The summed E-state index contributed by atoms with van der Waals surface area (Å²) in [5, 5.41) is 6.02. The number of fused-ring (bicyclic) bond motifs is 1. The number of benzene rings is 1. The molecule has 0 aliphatic carbocycles. The fourth-order valence-electron chi connectivity index (χ4n) is 3.15. The van der Waals surface area contributed by atoms with E-state index in [9.17, 15) is 22.8 Å². The van der Waals surface area contributed by atoms with Crippen LogP contribution < -0.4 is 10.9 Å². The monoisotopic (exact) mass is 410 g/mol. The second-order valence-electron chi connectivity index (χ2n) is 6.45. The van der Waals surface area contributed by atoms with Crippen molar-refractivity contribution < 1.29 is 18.0 Å². The molecule has 0 fully saturated rings. The number of rotatable bonds is 3. The Bertz CT molecular complexity index is 1290. The molecule has 2 heterocycles. The number of carbonyl (C=O) groups excluding carboxylic acids is 1. The number of nitrogens with one attached hydrogen (secondary N) is 2. The fraction of sp³-hybridized carbons (Fsp3) is 0.0952. The van der Waals surface area contributed by atoms with Crippen LogP contribution in [0.3, 0.4) is 0 Å². The number of carbonyl (C=O) groups is 1. The molecule has 0 bridgehead atoms. The molecule has 30 heavy (non-hydrogen) atoms. The number of amides is 1. The van der Waals surface area contributed by atoms with Gasteiger partial charge in [-0.25, -0.2) is 0 Å². The van der Waals surface area contributed by atoms with Gasteiger partial charge in [-0.1, -0.05) is 42.5 Å². The van der Waals surface area contributed by atoms with E-state index in [-0.39, 0.29) is 28.0 Å². The Kier molecular flexibility index (Phi) is 4.54. The van der Waals surface area contributed by atoms with Crippen molar-refractivity contribution in [1.29, 1.82) is 0 Å². The van der Waals surface area contributed by atoms with Crippen molar-refractivity contribution >= 4 is 17.2 Å². The van der Waals surface area contributed by atoms with Gasteiger partial charge < -0.3 is 10.3 Å². The summed E-state index contributed by atoms with van der Waals surface area (Å²) in [4.78, 5) is 28.3. The number of hydrogen-bond donors (Lipinski definition) is 2. The van der Waals surface area contributed by atoms with E-state index in [0.717, 1.165) is 0 Å². The highest BCUT2D eigenvalue weighted by Crippen LogP contribution is 2.38. The number of anilines is 1. The van der Waals surface area contributed by atoms with Gasteiger partial charge in [0, 0.05) is 11.8 Å². The summed E-state index contributed by atoms with van der Waals surface area (Å²) < 4.78 is 41.6. The van der Waals surface area contributed by atoms with Gasteiger partial charge in [0.1, 0.15) is 11.2 Å². The molecule has 2 N–H and O–H groups in total. The summed E-state index contributed by atoms with van der Waals surface area (Å²) in [7, 11) is 0. The first-order valence-corrected chi connectivity index (χ1v) is 8.74. The average molecular weight is 410 g/mol. The number of aromatic amines is 1. The maximum Gasteiger partial charge on any atom is 0.435 e. The second kappa shape index (κ2) is 7.08. The summed E-state index contributed by atoms with van der Waals surface area (Å²) in [5.41, 5.74) is -2.21. The largest absolute Gasteiger partial charge is 0.435 e. The predicted molar refractivity (Wildman–Crippen MR) is 103 cm³/mol. The van der Waals surface area contributed by atoms with Crippen molar-refractivity contribution in [2.75, 3.05) is 5.32 Å². The lowest BCUT2D eigenvalue weighted by Gasteiger charge is -2.09. The van der Waals surface area contributed by atoms with Crippen LogP contribution in [0.25, 0.3) is 16.8 Å². The Morgan fingerprint density at radius 3 is 2.53 bits per heavy atom. The molecule has 1 amide bonds. The number of alkyl halides is 3. The highest BCUT2D eigenvalue weighted by Gasteiger charge is 2.39. The van der Waals surface area contributed by atoms with Crippen molar-refractivity contribution in [2.45, 2.75) is 13.1 Å². The maximum absolute atomic E-state index is 13.7. The number of hydrogen-bond acceptors (Lipinski definition) is 3. The molecule has 0 aliphatic heterocycles. The minimum atomic E-state index is -4.80. The number of aromatic nitrogens is 3. The molecule has 4 aromatic rings. The van der Waals surface area contributed by atoms with Gasteiger partial charge in [-0.15, -0.1) is 0 Å². The van der Waals surface area contributed by atoms with Crippen molar-refractivity contribution in [2.24, 2.45) is 0 Å². The van der Waals surface area contributed by atoms with Crippen LogP contribution in [-0.2, 0) is 6.18 Å². The smallest absolute Gasteiger partial charge is 0.342 e. The van der Waals surface area contributed by atoms with Crippen LogP contribution in [-0.4, -0.2) is 20.5 Å². The molecule has 9 heteroatoms. The zero-order valence-electron chi connectivity index (χ0n) is 15.5. The lowest BCUT2D eigenvalue weighted by atomic mass is 10.1. The van der Waals surface area contributed by atoms with Gasteiger partial charge in [0.05, 0.1) is 11.3 Å². The van der Waals surface area contributed by atoms with Crippen molar-refractivity contribution in [3.63, 3.8) is 0 Å². The molecule has 0 saturated heterocycles. The molecule has 0 atom stereocenters. The maximum atomic E-state index is 13.7. The van der Waals surface area contributed by atoms with Crippen LogP contribution in [0.2, 0.25) is 0 Å². The van der Waals surface area contributed by atoms with Crippen LogP contribution in [0.15, 0.2) is 53.3 Å². The highest BCUT2D eigenvalue weighted by molar-refractivity contribution is 6.05. The third-order valence-electron chi connectivity index (χ3n) is 4.45. The Morgan fingerprint density at radius 2 is 1.90 bits per heavy atom. The minimum Gasteiger partial charge on any atom is -0.342 e. The topological polar surface area (TPSA) is 79.3 Å². The average Bonchev–Trinajstić information content (AvgIpc) is 3.09. The van der Waals surface area contributed by atoms with E-state index in [4.69, 9.17) is 0 Å². The standard InChI is InChI=1S/C21H13F3N4O2/c1-12-15(19(29)26-14-10-6-3-7-11-14)20(30)28-18(25-12)16(13-8-4-2-5-9-13)17(27-28)21(22,23)24/h2,4-6,8-11,25H,1H3,(H,26,29). The molecule has 2 aromatic carbocycles. The van der Waals surface area contributed by atoms with E-state index in [1.165, 1.54) is 31.2 Å². The first kappa shape index (κ1) is 19.3. The molecule has 0 saturated carbocycles. The van der Waals surface area contributed by atoms with E-state index in [1.807, 2.05) is 0 Å². The molecule has 0 aliphatic rings. The van der Waals surface area contributed by atoms with E-state index < -0.39 is 23.3 Å². The van der Waals surface area contributed by atoms with Crippen molar-refractivity contribution in [3.8, 4) is 11.1 Å². The summed E-state index contributed by atoms with van der Waals surface area (Å²) in [6.07, 6.45) is -4.80. The molecule has 0 unspecified atom stereocenters. The Hall–Kier alpha value is -4.06. The first-order chi connectivity index (χ1) is 14.3.